The van der Waals surface area contributed by atoms with Gasteiger partial charge in [-0.25, -0.2) is 0 Å². The van der Waals surface area contributed by atoms with Crippen LogP contribution >= 0.6 is 0 Å². The lowest BCUT2D eigenvalue weighted by molar-refractivity contribution is 1.07. The normalized spacial score (nSPS) is 10.7. The van der Waals surface area contributed by atoms with Gasteiger partial charge in [-0.3, -0.25) is 0 Å². The molecule has 0 saturated carbocycles. The van der Waals surface area contributed by atoms with Crippen LogP contribution in [0.25, 0.3) is 17.0 Å². The van der Waals surface area contributed by atoms with E-state index in [0.717, 1.165) is 22.0 Å². The fraction of sp³-hybridized carbons (Fsp3) is 0.0833. The van der Waals surface area contributed by atoms with Crippen LogP contribution in [-0.4, -0.2) is 10.2 Å². The summed E-state index contributed by atoms with van der Waals surface area (Å²) in [5.74, 6) is 0. The lowest BCUT2D eigenvalue weighted by Crippen LogP contribution is -1.87. The highest BCUT2D eigenvalue weighted by atomic mass is 15.1. The van der Waals surface area contributed by atoms with Crippen molar-refractivity contribution in [2.45, 2.75) is 6.92 Å². The van der Waals surface area contributed by atoms with Crippen molar-refractivity contribution in [2.75, 3.05) is 0 Å². The predicted octanol–water partition coefficient (Wildman–Crippen LogP) is 2.28. The second-order valence-electron chi connectivity index (χ2n) is 3.16. The van der Waals surface area contributed by atoms with Crippen molar-refractivity contribution < 1.29 is 0 Å². The molecule has 0 atom stereocenters. The quantitative estimate of drug-likeness (QED) is 0.654. The molecule has 0 unspecified atom stereocenters. The zero-order chi connectivity index (χ0) is 10.7. The number of hydrogen-bond donors (Lipinski definition) is 0. The minimum Gasteiger partial charge on any atom is -0.193 e. The molecule has 71 valence electrons. The Kier molecular flexibility index (Phi) is 2.42. The van der Waals surface area contributed by atoms with E-state index in [0.29, 0.717) is 0 Å². The molecule has 0 saturated heterocycles. The molecule has 1 aromatic heterocycles. The number of rotatable bonds is 1. The Morgan fingerprint density at radius 1 is 1.53 bits per heavy atom. The number of benzene rings is 1. The summed E-state index contributed by atoms with van der Waals surface area (Å²) < 4.78 is 0. The molecule has 0 bridgehead atoms. The molecular weight excluding hydrogens is 186 g/mol. The Morgan fingerprint density at radius 3 is 3.20 bits per heavy atom. The van der Waals surface area contributed by atoms with E-state index in [9.17, 15) is 0 Å². The van der Waals surface area contributed by atoms with Crippen molar-refractivity contribution in [1.82, 2.24) is 10.2 Å². The first-order valence-corrected chi connectivity index (χ1v) is 4.52. The standard InChI is InChI=1S/C12H8N3/c1-9-7-10(3-2-5-13)11-4-6-14-15-12(11)8-9/h2-4,6-7H,1H3. The highest BCUT2D eigenvalue weighted by molar-refractivity contribution is 5.87. The van der Waals surface area contributed by atoms with E-state index in [1.165, 1.54) is 6.08 Å². The maximum Gasteiger partial charge on any atom is 0.102 e. The van der Waals surface area contributed by atoms with Crippen molar-refractivity contribution in [3.8, 4) is 6.07 Å². The van der Waals surface area contributed by atoms with E-state index in [2.05, 4.69) is 16.3 Å². The van der Waals surface area contributed by atoms with E-state index in [1.54, 1.807) is 12.3 Å². The zero-order valence-corrected chi connectivity index (χ0v) is 8.23. The van der Waals surface area contributed by atoms with Crippen LogP contribution < -0.4 is 0 Å². The lowest BCUT2D eigenvalue weighted by Gasteiger charge is -2.01. The summed E-state index contributed by atoms with van der Waals surface area (Å²) in [4.78, 5) is 0. The molecule has 1 aromatic carbocycles. The SMILES string of the molecule is Cc1[c]c2nnccc2c(C=CC#N)c1. The van der Waals surface area contributed by atoms with Gasteiger partial charge in [-0.05, 0) is 30.2 Å². The van der Waals surface area contributed by atoms with Crippen LogP contribution in [0.3, 0.4) is 0 Å². The molecule has 0 N–H and O–H groups in total. The molecule has 15 heavy (non-hydrogen) atoms. The van der Waals surface area contributed by atoms with Crippen molar-refractivity contribution >= 4 is 17.0 Å². The number of nitrogens with zero attached hydrogens (tertiary/aromatic N) is 3. The van der Waals surface area contributed by atoms with Gasteiger partial charge < -0.3 is 0 Å². The van der Waals surface area contributed by atoms with E-state index in [-0.39, 0.29) is 0 Å². The number of fused-ring (bicyclic) bond motifs is 1. The first-order valence-electron chi connectivity index (χ1n) is 4.52. The summed E-state index contributed by atoms with van der Waals surface area (Å²) in [6.07, 6.45) is 4.86. The number of nitriles is 1. The topological polar surface area (TPSA) is 49.6 Å². The Morgan fingerprint density at radius 2 is 2.40 bits per heavy atom. The number of aromatic nitrogens is 2. The van der Waals surface area contributed by atoms with Crippen molar-refractivity contribution in [2.24, 2.45) is 0 Å². The predicted molar refractivity (Wildman–Crippen MR) is 57.8 cm³/mol. The van der Waals surface area contributed by atoms with Crippen LogP contribution in [0.5, 0.6) is 0 Å². The molecule has 1 radical (unpaired) electrons. The minimum atomic E-state index is 0.732. The zero-order valence-electron chi connectivity index (χ0n) is 8.23. The third kappa shape index (κ3) is 1.84. The Balaban J connectivity index is 2.72. The molecule has 0 aliphatic heterocycles. The van der Waals surface area contributed by atoms with E-state index >= 15 is 0 Å². The molecule has 0 fully saturated rings. The third-order valence-electron chi connectivity index (χ3n) is 2.06. The molecule has 3 heteroatoms. The van der Waals surface area contributed by atoms with Crippen molar-refractivity contribution in [3.63, 3.8) is 0 Å². The van der Waals surface area contributed by atoms with Gasteiger partial charge in [-0.1, -0.05) is 6.07 Å². The monoisotopic (exact) mass is 194 g/mol. The minimum absolute atomic E-state index is 0.732. The van der Waals surface area contributed by atoms with Gasteiger partial charge in [-0.15, -0.1) is 5.10 Å². The molecule has 0 amide bonds. The first-order chi connectivity index (χ1) is 7.31. The van der Waals surface area contributed by atoms with Gasteiger partial charge >= 0.3 is 0 Å². The summed E-state index contributed by atoms with van der Waals surface area (Å²) in [5.41, 5.74) is 2.69. The average Bonchev–Trinajstić information content (AvgIpc) is 2.25. The van der Waals surface area contributed by atoms with Gasteiger partial charge in [0, 0.05) is 17.5 Å². The van der Waals surface area contributed by atoms with Crippen molar-refractivity contribution in [1.29, 1.82) is 5.26 Å². The molecule has 0 spiro atoms. The van der Waals surface area contributed by atoms with Crippen LogP contribution in [0.15, 0.2) is 24.4 Å². The fourth-order valence-electron chi connectivity index (χ4n) is 1.46. The largest absolute Gasteiger partial charge is 0.193 e. The van der Waals surface area contributed by atoms with Crippen LogP contribution in [0.2, 0.25) is 0 Å². The molecular formula is C12H8N3. The van der Waals surface area contributed by atoms with Gasteiger partial charge in [0.05, 0.1) is 12.3 Å². The molecule has 3 nitrogen and oxygen atoms in total. The van der Waals surface area contributed by atoms with Crippen LogP contribution in [0.4, 0.5) is 0 Å². The highest BCUT2D eigenvalue weighted by Gasteiger charge is 2.00. The van der Waals surface area contributed by atoms with Crippen LogP contribution in [0.1, 0.15) is 11.1 Å². The van der Waals surface area contributed by atoms with Crippen LogP contribution in [-0.2, 0) is 0 Å². The number of hydrogen-bond acceptors (Lipinski definition) is 3. The maximum absolute atomic E-state index is 8.50. The summed E-state index contributed by atoms with van der Waals surface area (Å²) in [5, 5.41) is 17.3. The molecule has 0 aliphatic carbocycles. The molecule has 2 rings (SSSR count). The summed E-state index contributed by atoms with van der Waals surface area (Å²) in [7, 11) is 0. The third-order valence-corrected chi connectivity index (χ3v) is 2.06. The van der Waals surface area contributed by atoms with E-state index in [4.69, 9.17) is 5.26 Å². The molecule has 2 aromatic rings. The van der Waals surface area contributed by atoms with Crippen LogP contribution in [0, 0.1) is 24.3 Å². The molecule has 0 aliphatic rings. The Labute approximate surface area is 87.7 Å². The number of allylic oxidation sites excluding steroid dienone is 1. The average molecular weight is 194 g/mol. The lowest BCUT2D eigenvalue weighted by atomic mass is 10.1. The summed E-state index contributed by atoms with van der Waals surface area (Å²) >= 11 is 0. The first kappa shape index (κ1) is 9.35. The highest BCUT2D eigenvalue weighted by Crippen LogP contribution is 2.18. The summed E-state index contributed by atoms with van der Waals surface area (Å²) in [6, 6.07) is 8.93. The van der Waals surface area contributed by atoms with E-state index in [1.807, 2.05) is 25.1 Å². The summed E-state index contributed by atoms with van der Waals surface area (Å²) in [6.45, 7) is 1.94. The smallest absolute Gasteiger partial charge is 0.102 e. The fourth-order valence-corrected chi connectivity index (χ4v) is 1.46. The second kappa shape index (κ2) is 3.89. The Hall–Kier alpha value is -2.21. The van der Waals surface area contributed by atoms with Gasteiger partial charge in [0.15, 0.2) is 0 Å². The van der Waals surface area contributed by atoms with Gasteiger partial charge in [-0.2, -0.15) is 10.4 Å². The second-order valence-corrected chi connectivity index (χ2v) is 3.16. The molecule has 1 heterocycles. The number of aryl methyl sites for hydroxylation is 1. The van der Waals surface area contributed by atoms with Gasteiger partial charge in [0.2, 0.25) is 0 Å². The Bertz CT molecular complexity index is 565. The van der Waals surface area contributed by atoms with Gasteiger partial charge in [0.25, 0.3) is 0 Å². The van der Waals surface area contributed by atoms with Gasteiger partial charge in [0.1, 0.15) is 5.52 Å². The van der Waals surface area contributed by atoms with Crippen molar-refractivity contribution in [3.05, 3.63) is 41.6 Å². The van der Waals surface area contributed by atoms with E-state index < -0.39 is 0 Å². The maximum atomic E-state index is 8.50.